The molecule has 0 rings (SSSR count). The summed E-state index contributed by atoms with van der Waals surface area (Å²) in [6.07, 6.45) is -0.274. The van der Waals surface area contributed by atoms with Crippen LogP contribution in [0.15, 0.2) is 0 Å². The van der Waals surface area contributed by atoms with Crippen LogP contribution < -0.4 is 0 Å². The number of hydrogen-bond acceptors (Lipinski definition) is 5. The largest absolute Gasteiger partial charge is 0.396 e. The molecule has 5 nitrogen and oxygen atoms in total. The number of ether oxygens (including phenoxy) is 1. The quantitative estimate of drug-likeness (QED) is 0.382. The molecule has 2 unspecified atom stereocenters. The smallest absolute Gasteiger partial charge is 0.0665 e. The second-order valence-electron chi connectivity index (χ2n) is 13.1. The summed E-state index contributed by atoms with van der Waals surface area (Å²) in [7, 11) is 0. The third-order valence-electron chi connectivity index (χ3n) is 5.97. The molecule has 0 amide bonds. The molecule has 0 radical (unpaired) electrons. The lowest BCUT2D eigenvalue weighted by Gasteiger charge is -2.46. The second-order valence-corrected chi connectivity index (χ2v) is 13.1. The van der Waals surface area contributed by atoms with Gasteiger partial charge in [0.1, 0.15) is 0 Å². The van der Waals surface area contributed by atoms with Crippen molar-refractivity contribution in [3.8, 4) is 0 Å². The van der Waals surface area contributed by atoms with Crippen molar-refractivity contribution in [2.45, 2.75) is 119 Å². The average molecular weight is 419 g/mol. The molecule has 2 atom stereocenters. The summed E-state index contributed by atoms with van der Waals surface area (Å²) in [4.78, 5) is 0. The number of hydrogen-bond donors (Lipinski definition) is 4. The minimum Gasteiger partial charge on any atom is -0.396 e. The molecule has 0 aliphatic carbocycles. The van der Waals surface area contributed by atoms with E-state index in [2.05, 4.69) is 0 Å². The van der Waals surface area contributed by atoms with Crippen molar-refractivity contribution in [3.05, 3.63) is 0 Å². The second kappa shape index (κ2) is 9.12. The highest BCUT2D eigenvalue weighted by molar-refractivity contribution is 4.95. The highest BCUT2D eigenvalue weighted by atomic mass is 16.5. The summed E-state index contributed by atoms with van der Waals surface area (Å²) in [5, 5.41) is 41.7. The predicted molar refractivity (Wildman–Crippen MR) is 120 cm³/mol. The van der Waals surface area contributed by atoms with Crippen LogP contribution in [0.1, 0.15) is 95.9 Å². The van der Waals surface area contributed by atoms with Crippen molar-refractivity contribution in [1.29, 1.82) is 0 Å². The fourth-order valence-electron chi connectivity index (χ4n) is 5.12. The Morgan fingerprint density at radius 2 is 1.00 bits per heavy atom. The first kappa shape index (κ1) is 28.8. The third kappa shape index (κ3) is 8.82. The minimum atomic E-state index is -0.861. The van der Waals surface area contributed by atoms with Gasteiger partial charge in [-0.3, -0.25) is 0 Å². The maximum atomic E-state index is 11.1. The zero-order chi connectivity index (χ0) is 23.7. The minimum absolute atomic E-state index is 0.0889. The van der Waals surface area contributed by atoms with E-state index in [0.717, 1.165) is 0 Å². The van der Waals surface area contributed by atoms with Crippen molar-refractivity contribution >= 4 is 0 Å². The predicted octanol–water partition coefficient (Wildman–Crippen LogP) is 4.15. The van der Waals surface area contributed by atoms with E-state index in [-0.39, 0.29) is 6.61 Å². The summed E-state index contributed by atoms with van der Waals surface area (Å²) in [5.41, 5.74) is -3.43. The van der Waals surface area contributed by atoms with Gasteiger partial charge < -0.3 is 25.2 Å². The Morgan fingerprint density at radius 1 is 0.621 bits per heavy atom. The van der Waals surface area contributed by atoms with Gasteiger partial charge >= 0.3 is 0 Å². The molecule has 0 aliphatic rings. The van der Waals surface area contributed by atoms with Crippen molar-refractivity contribution in [1.82, 2.24) is 0 Å². The van der Waals surface area contributed by atoms with Crippen molar-refractivity contribution in [2.24, 2.45) is 21.7 Å². The van der Waals surface area contributed by atoms with E-state index in [0.29, 0.717) is 19.4 Å². The molecule has 0 bridgehead atoms. The van der Waals surface area contributed by atoms with Crippen LogP contribution in [0.25, 0.3) is 0 Å². The molecule has 0 aromatic carbocycles. The molecular weight excluding hydrogens is 368 g/mol. The standard InChI is InChI=1S/C24H50O5/c1-19(2,13-23(9,10)28)18(27)22(7,8)16-29-24(11,12)14-20(3,4)17(26)21(5,6)15-25/h17-18,25-28H,13-16H2,1-12H3. The molecule has 176 valence electrons. The first-order chi connectivity index (χ1) is 12.5. The molecule has 29 heavy (non-hydrogen) atoms. The molecule has 0 heterocycles. The Labute approximate surface area is 179 Å². The van der Waals surface area contributed by atoms with Crippen LogP contribution in [0.5, 0.6) is 0 Å². The summed E-state index contributed by atoms with van der Waals surface area (Å²) >= 11 is 0. The molecule has 0 aromatic heterocycles. The molecule has 0 aliphatic heterocycles. The highest BCUT2D eigenvalue weighted by Gasteiger charge is 2.45. The topological polar surface area (TPSA) is 90.2 Å². The van der Waals surface area contributed by atoms with Gasteiger partial charge in [0.2, 0.25) is 0 Å². The van der Waals surface area contributed by atoms with Gasteiger partial charge in [-0.25, -0.2) is 0 Å². The van der Waals surface area contributed by atoms with Gasteiger partial charge in [0.25, 0.3) is 0 Å². The lowest BCUT2D eigenvalue weighted by atomic mass is 9.67. The molecule has 0 saturated carbocycles. The van der Waals surface area contributed by atoms with E-state index < -0.39 is 45.1 Å². The van der Waals surface area contributed by atoms with Crippen LogP contribution in [-0.4, -0.2) is 57.0 Å². The van der Waals surface area contributed by atoms with Gasteiger partial charge in [0, 0.05) is 10.8 Å². The van der Waals surface area contributed by atoms with E-state index in [1.807, 2.05) is 69.2 Å². The van der Waals surface area contributed by atoms with Crippen LogP contribution >= 0.6 is 0 Å². The number of aliphatic hydroxyl groups excluding tert-OH is 3. The van der Waals surface area contributed by atoms with Gasteiger partial charge in [-0.15, -0.1) is 0 Å². The van der Waals surface area contributed by atoms with E-state index >= 15 is 0 Å². The van der Waals surface area contributed by atoms with E-state index in [1.165, 1.54) is 0 Å². The Morgan fingerprint density at radius 3 is 1.38 bits per heavy atom. The molecule has 0 saturated heterocycles. The van der Waals surface area contributed by atoms with Crippen molar-refractivity contribution < 1.29 is 25.2 Å². The number of rotatable bonds is 12. The lowest BCUT2D eigenvalue weighted by molar-refractivity contribution is -0.150. The van der Waals surface area contributed by atoms with Gasteiger partial charge in [-0.2, -0.15) is 0 Å². The first-order valence-electron chi connectivity index (χ1n) is 10.8. The zero-order valence-electron chi connectivity index (χ0n) is 21.2. The first-order valence-corrected chi connectivity index (χ1v) is 10.8. The van der Waals surface area contributed by atoms with Crippen LogP contribution in [0, 0.1) is 21.7 Å². The SMILES string of the molecule is CC(C)(O)CC(C)(C)C(O)C(C)(C)COC(C)(C)CC(C)(C)C(O)C(C)(C)CO. The Hall–Kier alpha value is -0.200. The normalized spacial score (nSPS) is 17.4. The van der Waals surface area contributed by atoms with Crippen LogP contribution in [0.4, 0.5) is 0 Å². The lowest BCUT2D eigenvalue weighted by Crippen LogP contribution is -2.50. The fraction of sp³-hybridized carbons (Fsp3) is 1.00. The maximum Gasteiger partial charge on any atom is 0.0665 e. The maximum absolute atomic E-state index is 11.1. The molecular formula is C24H50O5. The summed E-state index contributed by atoms with van der Waals surface area (Å²) < 4.78 is 6.28. The summed E-state index contributed by atoms with van der Waals surface area (Å²) in [6.45, 7) is 23.4. The molecule has 5 heteroatoms. The third-order valence-corrected chi connectivity index (χ3v) is 5.97. The zero-order valence-corrected chi connectivity index (χ0v) is 21.2. The average Bonchev–Trinajstić information content (AvgIpc) is 2.48. The van der Waals surface area contributed by atoms with Gasteiger partial charge in [0.05, 0.1) is 36.6 Å². The number of aliphatic hydroxyl groups is 4. The Bertz CT molecular complexity index is 512. The Kier molecular flexibility index (Phi) is 9.05. The van der Waals surface area contributed by atoms with Crippen LogP contribution in [0.3, 0.4) is 0 Å². The van der Waals surface area contributed by atoms with Crippen molar-refractivity contribution in [3.63, 3.8) is 0 Å². The summed E-state index contributed by atoms with van der Waals surface area (Å²) in [5.74, 6) is 0. The van der Waals surface area contributed by atoms with Crippen LogP contribution in [-0.2, 0) is 4.74 Å². The van der Waals surface area contributed by atoms with E-state index in [9.17, 15) is 20.4 Å². The highest BCUT2D eigenvalue weighted by Crippen LogP contribution is 2.43. The molecule has 0 spiro atoms. The molecule has 0 fully saturated rings. The van der Waals surface area contributed by atoms with Crippen molar-refractivity contribution in [2.75, 3.05) is 13.2 Å². The fourth-order valence-corrected chi connectivity index (χ4v) is 5.12. The monoisotopic (exact) mass is 418 g/mol. The van der Waals surface area contributed by atoms with Crippen LogP contribution in [0.2, 0.25) is 0 Å². The molecule has 0 aromatic rings. The van der Waals surface area contributed by atoms with Gasteiger partial charge in [0.15, 0.2) is 0 Å². The Balaban J connectivity index is 5.22. The van der Waals surface area contributed by atoms with E-state index in [1.54, 1.807) is 13.8 Å². The molecule has 4 N–H and O–H groups in total. The van der Waals surface area contributed by atoms with E-state index in [4.69, 9.17) is 4.74 Å². The summed E-state index contributed by atoms with van der Waals surface area (Å²) in [6, 6.07) is 0. The van der Waals surface area contributed by atoms with Gasteiger partial charge in [-0.05, 0) is 51.4 Å². The van der Waals surface area contributed by atoms with Gasteiger partial charge in [-0.1, -0.05) is 55.4 Å².